The molecule has 0 atom stereocenters. The van der Waals surface area contributed by atoms with E-state index in [1.807, 2.05) is 0 Å². The van der Waals surface area contributed by atoms with Crippen LogP contribution in [0.4, 0.5) is 0 Å². The number of carbonyl (C=O) groups is 1. The molecule has 3 nitrogen and oxygen atoms in total. The fraction of sp³-hybridized carbons (Fsp3) is 0.417. The molecule has 0 spiro atoms. The van der Waals surface area contributed by atoms with Crippen LogP contribution in [0.5, 0.6) is 5.75 Å². The minimum Gasteiger partial charge on any atom is -0.508 e. The van der Waals surface area contributed by atoms with Gasteiger partial charge in [0.2, 0.25) is 0 Å². The number of benzene rings is 1. The topological polar surface area (TPSA) is 46.5 Å². The zero-order valence-electron chi connectivity index (χ0n) is 8.57. The maximum atomic E-state index is 11.5. The summed E-state index contributed by atoms with van der Waals surface area (Å²) in [5.74, 6) is -0.359. The Morgan fingerprint density at radius 3 is 2.40 bits per heavy atom. The van der Waals surface area contributed by atoms with Crippen molar-refractivity contribution in [1.29, 1.82) is 0 Å². The molecule has 0 bridgehead atoms. The van der Waals surface area contributed by atoms with Gasteiger partial charge in [-0.1, -0.05) is 13.5 Å². The molecule has 0 aliphatic rings. The average molecular weight is 210 g/mol. The van der Waals surface area contributed by atoms with Gasteiger partial charge in [0.05, 0.1) is 5.56 Å². The number of phenolic OH excluding ortho intramolecular Hbond substituents is 1. The van der Waals surface area contributed by atoms with E-state index in [4.69, 9.17) is 9.84 Å². The zero-order chi connectivity index (χ0) is 10.8. The first-order chi connectivity index (χ1) is 6.38. The van der Waals surface area contributed by atoms with Crippen molar-refractivity contribution in [2.75, 3.05) is 0 Å². The second-order valence-corrected chi connectivity index (χ2v) is 4.05. The molecule has 0 unspecified atom stereocenters. The van der Waals surface area contributed by atoms with Crippen LogP contribution < -0.4 is 0 Å². The standard InChI is InChI=1S/C11H14O3.CH4/c1-11(2,3)14-10(13)8-5-4-6-9(12)7-8;/h4-7,12H,1-3H3;1H4. The van der Waals surface area contributed by atoms with Crippen LogP contribution >= 0.6 is 0 Å². The van der Waals surface area contributed by atoms with Crippen molar-refractivity contribution in [3.63, 3.8) is 0 Å². The van der Waals surface area contributed by atoms with E-state index in [0.717, 1.165) is 0 Å². The Hall–Kier alpha value is -1.51. The quantitative estimate of drug-likeness (QED) is 0.725. The summed E-state index contributed by atoms with van der Waals surface area (Å²) in [6.45, 7) is 5.40. The number of phenols is 1. The third-order valence-electron chi connectivity index (χ3n) is 1.48. The summed E-state index contributed by atoms with van der Waals surface area (Å²) >= 11 is 0. The number of carbonyl (C=O) groups excluding carboxylic acids is 1. The summed E-state index contributed by atoms with van der Waals surface area (Å²) in [6, 6.07) is 6.10. The molecule has 0 amide bonds. The lowest BCUT2D eigenvalue weighted by molar-refractivity contribution is 0.00691. The summed E-state index contributed by atoms with van der Waals surface area (Å²) in [5.41, 5.74) is -0.150. The number of hydrogen-bond acceptors (Lipinski definition) is 3. The minimum atomic E-state index is -0.511. The molecule has 0 aliphatic carbocycles. The van der Waals surface area contributed by atoms with Crippen LogP contribution in [-0.2, 0) is 4.74 Å². The van der Waals surface area contributed by atoms with E-state index < -0.39 is 11.6 Å². The molecule has 84 valence electrons. The van der Waals surface area contributed by atoms with Gasteiger partial charge < -0.3 is 9.84 Å². The average Bonchev–Trinajstić information content (AvgIpc) is 2.01. The fourth-order valence-electron chi connectivity index (χ4n) is 0.970. The molecule has 0 radical (unpaired) electrons. The normalized spacial score (nSPS) is 10.3. The molecule has 0 aromatic heterocycles. The molecule has 1 N–H and O–H groups in total. The van der Waals surface area contributed by atoms with Crippen molar-refractivity contribution >= 4 is 5.97 Å². The molecule has 0 saturated carbocycles. The van der Waals surface area contributed by atoms with Crippen LogP contribution in [0.2, 0.25) is 0 Å². The number of rotatable bonds is 1. The molecule has 0 saturated heterocycles. The number of esters is 1. The molecular formula is C12H18O3. The van der Waals surface area contributed by atoms with E-state index in [2.05, 4.69) is 0 Å². The highest BCUT2D eigenvalue weighted by atomic mass is 16.6. The molecule has 0 fully saturated rings. The Balaban J connectivity index is 0.00000196. The predicted octanol–water partition coefficient (Wildman–Crippen LogP) is 2.98. The first kappa shape index (κ1) is 13.5. The first-order valence-electron chi connectivity index (χ1n) is 4.41. The van der Waals surface area contributed by atoms with Crippen LogP contribution in [-0.4, -0.2) is 16.7 Å². The third kappa shape index (κ3) is 4.49. The van der Waals surface area contributed by atoms with Gasteiger partial charge >= 0.3 is 5.97 Å². The first-order valence-corrected chi connectivity index (χ1v) is 4.41. The zero-order valence-corrected chi connectivity index (χ0v) is 8.57. The molecule has 1 rings (SSSR count). The van der Waals surface area contributed by atoms with E-state index >= 15 is 0 Å². The fourth-order valence-corrected chi connectivity index (χ4v) is 0.970. The van der Waals surface area contributed by atoms with Gasteiger partial charge in [-0.3, -0.25) is 0 Å². The molecule has 1 aromatic carbocycles. The Bertz CT molecular complexity index is 337. The van der Waals surface area contributed by atoms with Crippen molar-refractivity contribution in [2.24, 2.45) is 0 Å². The van der Waals surface area contributed by atoms with E-state index in [1.165, 1.54) is 12.1 Å². The van der Waals surface area contributed by atoms with E-state index in [-0.39, 0.29) is 13.2 Å². The van der Waals surface area contributed by atoms with Gasteiger partial charge in [-0.25, -0.2) is 4.79 Å². The van der Waals surface area contributed by atoms with Crippen LogP contribution in [0.1, 0.15) is 38.6 Å². The van der Waals surface area contributed by atoms with Crippen LogP contribution in [0, 0.1) is 0 Å². The molecule has 1 aromatic rings. The minimum absolute atomic E-state index is 0. The molecular weight excluding hydrogens is 192 g/mol. The SMILES string of the molecule is C.CC(C)(C)OC(=O)c1cccc(O)c1. The Morgan fingerprint density at radius 1 is 1.33 bits per heavy atom. The van der Waals surface area contributed by atoms with E-state index in [1.54, 1.807) is 32.9 Å². The van der Waals surface area contributed by atoms with Crippen molar-refractivity contribution in [3.05, 3.63) is 29.8 Å². The van der Waals surface area contributed by atoms with E-state index in [9.17, 15) is 4.79 Å². The lowest BCUT2D eigenvalue weighted by Crippen LogP contribution is -2.23. The largest absolute Gasteiger partial charge is 0.508 e. The highest BCUT2D eigenvalue weighted by molar-refractivity contribution is 5.90. The number of ether oxygens (including phenoxy) is 1. The van der Waals surface area contributed by atoms with Crippen molar-refractivity contribution in [3.8, 4) is 5.75 Å². The van der Waals surface area contributed by atoms with Gasteiger partial charge in [0.15, 0.2) is 0 Å². The van der Waals surface area contributed by atoms with Gasteiger partial charge in [-0.15, -0.1) is 0 Å². The van der Waals surface area contributed by atoms with Gasteiger partial charge in [0.1, 0.15) is 11.4 Å². The summed E-state index contributed by atoms with van der Waals surface area (Å²) in [6.07, 6.45) is 0. The van der Waals surface area contributed by atoms with Gasteiger partial charge in [-0.05, 0) is 39.0 Å². The number of aromatic hydroxyl groups is 1. The monoisotopic (exact) mass is 210 g/mol. The molecule has 0 aliphatic heterocycles. The lowest BCUT2D eigenvalue weighted by atomic mass is 10.1. The summed E-state index contributed by atoms with van der Waals surface area (Å²) in [5, 5.41) is 9.15. The highest BCUT2D eigenvalue weighted by Gasteiger charge is 2.17. The van der Waals surface area contributed by atoms with Gasteiger partial charge in [0.25, 0.3) is 0 Å². The van der Waals surface area contributed by atoms with Gasteiger partial charge in [0, 0.05) is 0 Å². The second-order valence-electron chi connectivity index (χ2n) is 4.05. The Labute approximate surface area is 90.7 Å². The second kappa shape index (κ2) is 4.82. The summed E-state index contributed by atoms with van der Waals surface area (Å²) in [4.78, 5) is 11.5. The van der Waals surface area contributed by atoms with Gasteiger partial charge in [-0.2, -0.15) is 0 Å². The van der Waals surface area contributed by atoms with Crippen LogP contribution in [0.25, 0.3) is 0 Å². The third-order valence-corrected chi connectivity index (χ3v) is 1.48. The van der Waals surface area contributed by atoms with Crippen molar-refractivity contribution < 1.29 is 14.6 Å². The Kier molecular flexibility index (Phi) is 4.34. The lowest BCUT2D eigenvalue weighted by Gasteiger charge is -2.19. The molecule has 15 heavy (non-hydrogen) atoms. The summed E-state index contributed by atoms with van der Waals surface area (Å²) < 4.78 is 5.13. The summed E-state index contributed by atoms with van der Waals surface area (Å²) in [7, 11) is 0. The molecule has 0 heterocycles. The maximum Gasteiger partial charge on any atom is 0.338 e. The van der Waals surface area contributed by atoms with Crippen molar-refractivity contribution in [1.82, 2.24) is 0 Å². The smallest absolute Gasteiger partial charge is 0.338 e. The number of hydrogen-bond donors (Lipinski definition) is 1. The predicted molar refractivity (Wildman–Crippen MR) is 60.0 cm³/mol. The highest BCUT2D eigenvalue weighted by Crippen LogP contribution is 2.15. The molecule has 3 heteroatoms. The Morgan fingerprint density at radius 2 is 1.93 bits per heavy atom. The van der Waals surface area contributed by atoms with E-state index in [0.29, 0.717) is 5.56 Å². The maximum absolute atomic E-state index is 11.5. The van der Waals surface area contributed by atoms with Crippen LogP contribution in [0.15, 0.2) is 24.3 Å². The van der Waals surface area contributed by atoms with Crippen molar-refractivity contribution in [2.45, 2.75) is 33.8 Å². The van der Waals surface area contributed by atoms with Crippen LogP contribution in [0.3, 0.4) is 0 Å².